The molecule has 0 atom stereocenters. The van der Waals surface area contributed by atoms with Crippen molar-refractivity contribution in [1.82, 2.24) is 0 Å². The average Bonchev–Trinajstić information content (AvgIpc) is 1.38. The molecule has 0 bridgehead atoms. The molecule has 0 rings (SSSR count). The second-order valence-corrected chi connectivity index (χ2v) is 0.399. The zero-order valence-corrected chi connectivity index (χ0v) is 3.21. The van der Waals surface area contributed by atoms with E-state index < -0.39 is 12.4 Å². The molecule has 0 unspecified atom stereocenters. The van der Waals surface area contributed by atoms with Gasteiger partial charge in [-0.2, -0.15) is 8.78 Å². The molecule has 0 N–H and O–H groups in total. The van der Waals surface area contributed by atoms with Crippen molar-refractivity contribution < 1.29 is 13.2 Å². The van der Waals surface area contributed by atoms with E-state index in [0.717, 1.165) is 0 Å². The van der Waals surface area contributed by atoms with Crippen LogP contribution in [0.5, 0.6) is 0 Å². The molecule has 0 heterocycles. The molecule has 0 aliphatic heterocycles. The van der Waals surface area contributed by atoms with Crippen LogP contribution in [0.1, 0.15) is 0 Å². The average molecular weight is 89.0 g/mol. The Bertz CT molecular complexity index is 46.8. The third kappa shape index (κ3) is 8.92. The van der Waals surface area contributed by atoms with Crippen LogP contribution in [-0.4, -0.2) is 18.9 Å². The van der Waals surface area contributed by atoms with Gasteiger partial charge < -0.3 is 0 Å². The van der Waals surface area contributed by atoms with E-state index in [9.17, 15) is 13.2 Å². The Balaban J connectivity index is 0. The summed E-state index contributed by atoms with van der Waals surface area (Å²) in [5, 5.41) is 0. The third-order valence-corrected chi connectivity index (χ3v) is 0.0825. The number of hydrogen-bond acceptors (Lipinski definition) is 0. The summed E-state index contributed by atoms with van der Waals surface area (Å²) >= 11 is 0. The van der Waals surface area contributed by atoms with Crippen LogP contribution in [0, 0.1) is 0 Å². The second kappa shape index (κ2) is 5.13. The van der Waals surface area contributed by atoms with Crippen LogP contribution < -0.4 is 0 Å². The summed E-state index contributed by atoms with van der Waals surface area (Å²) in [7, 11) is 0. The number of rotatable bonds is 0. The summed E-state index contributed by atoms with van der Waals surface area (Å²) in [5.41, 5.74) is 0. The molecular formula is C2HF3Li. The van der Waals surface area contributed by atoms with E-state index in [0.29, 0.717) is 0 Å². The van der Waals surface area contributed by atoms with E-state index >= 15 is 0 Å². The Labute approximate surface area is 45.2 Å². The van der Waals surface area contributed by atoms with Crippen LogP contribution in [0.25, 0.3) is 0 Å². The molecule has 0 nitrogen and oxygen atoms in total. The first-order chi connectivity index (χ1) is 2.27. The Morgan fingerprint density at radius 3 is 1.50 bits per heavy atom. The van der Waals surface area contributed by atoms with Gasteiger partial charge in [-0.15, -0.1) is 0 Å². The smallest absolute Gasteiger partial charge is 0.210 e. The minimum absolute atomic E-state index is 0. The van der Waals surface area contributed by atoms with Gasteiger partial charge in [-0.1, -0.05) is 0 Å². The SMILES string of the molecule is FC=C(F)F.[Li]. The Hall–Kier alpha value is 0.127. The van der Waals surface area contributed by atoms with Gasteiger partial charge in [-0.25, -0.2) is 4.39 Å². The summed E-state index contributed by atoms with van der Waals surface area (Å²) in [5.74, 6) is 0. The van der Waals surface area contributed by atoms with E-state index in [2.05, 4.69) is 0 Å². The Morgan fingerprint density at radius 1 is 1.33 bits per heavy atom. The maximum absolute atomic E-state index is 10.2. The van der Waals surface area contributed by atoms with Crippen molar-refractivity contribution in [3.8, 4) is 0 Å². The van der Waals surface area contributed by atoms with Gasteiger partial charge >= 0.3 is 0 Å². The Morgan fingerprint density at radius 2 is 1.50 bits per heavy atom. The first kappa shape index (κ1) is 9.46. The van der Waals surface area contributed by atoms with Crippen molar-refractivity contribution in [2.75, 3.05) is 0 Å². The molecule has 0 saturated carbocycles. The molecule has 31 valence electrons. The minimum Gasteiger partial charge on any atom is -0.210 e. The van der Waals surface area contributed by atoms with Gasteiger partial charge in [0.1, 0.15) is 0 Å². The largest absolute Gasteiger partial charge is 0.298 e. The van der Waals surface area contributed by atoms with Crippen molar-refractivity contribution in [1.29, 1.82) is 0 Å². The second-order valence-electron chi connectivity index (χ2n) is 0.399. The van der Waals surface area contributed by atoms with Crippen molar-refractivity contribution >= 4 is 18.9 Å². The van der Waals surface area contributed by atoms with Gasteiger partial charge in [0.2, 0.25) is 0 Å². The van der Waals surface area contributed by atoms with Gasteiger partial charge in [0.15, 0.2) is 6.33 Å². The van der Waals surface area contributed by atoms with E-state index in [1.54, 1.807) is 0 Å². The first-order valence-electron chi connectivity index (χ1n) is 0.885. The third-order valence-electron chi connectivity index (χ3n) is 0.0825. The molecule has 0 aromatic heterocycles. The molecule has 0 spiro atoms. The summed E-state index contributed by atoms with van der Waals surface area (Å²) in [6.45, 7) is 0. The topological polar surface area (TPSA) is 0 Å². The summed E-state index contributed by atoms with van der Waals surface area (Å²) in [6, 6.07) is 0. The Kier molecular flexibility index (Phi) is 8.08. The molecule has 6 heavy (non-hydrogen) atoms. The fourth-order valence-electron chi connectivity index (χ4n) is 0. The molecule has 1 radical (unpaired) electrons. The quantitative estimate of drug-likeness (QED) is 0.392. The molecule has 0 aliphatic carbocycles. The van der Waals surface area contributed by atoms with E-state index in [4.69, 9.17) is 0 Å². The zero-order valence-electron chi connectivity index (χ0n) is 3.21. The van der Waals surface area contributed by atoms with E-state index in [1.807, 2.05) is 0 Å². The van der Waals surface area contributed by atoms with Crippen LogP contribution >= 0.6 is 0 Å². The van der Waals surface area contributed by atoms with Gasteiger partial charge in [-0.3, -0.25) is 0 Å². The number of halogens is 3. The van der Waals surface area contributed by atoms with Crippen molar-refractivity contribution in [3.63, 3.8) is 0 Å². The fraction of sp³-hybridized carbons (Fsp3) is 0. The minimum atomic E-state index is -2.29. The van der Waals surface area contributed by atoms with Crippen LogP contribution in [-0.2, 0) is 0 Å². The molecule has 0 amide bonds. The van der Waals surface area contributed by atoms with Crippen molar-refractivity contribution in [2.45, 2.75) is 0 Å². The molecule has 0 fully saturated rings. The van der Waals surface area contributed by atoms with Crippen molar-refractivity contribution in [3.05, 3.63) is 12.4 Å². The predicted octanol–water partition coefficient (Wildman–Crippen LogP) is 1.31. The van der Waals surface area contributed by atoms with Crippen LogP contribution in [0.3, 0.4) is 0 Å². The van der Waals surface area contributed by atoms with Gasteiger partial charge in [-0.05, 0) is 0 Å². The van der Waals surface area contributed by atoms with Gasteiger partial charge in [0, 0.05) is 18.9 Å². The monoisotopic (exact) mass is 89.0 g/mol. The number of hydrogen-bond donors (Lipinski definition) is 0. The normalized spacial score (nSPS) is 5.83. The van der Waals surface area contributed by atoms with E-state index in [1.165, 1.54) is 0 Å². The summed E-state index contributed by atoms with van der Waals surface area (Å²) in [4.78, 5) is 0. The fourth-order valence-corrected chi connectivity index (χ4v) is 0. The molecule has 4 heteroatoms. The molecule has 0 aromatic carbocycles. The summed E-state index contributed by atoms with van der Waals surface area (Å²) < 4.78 is 30.7. The van der Waals surface area contributed by atoms with Crippen LogP contribution in [0.15, 0.2) is 12.4 Å². The maximum atomic E-state index is 10.2. The molecule has 0 aromatic rings. The molecule has 0 saturated heterocycles. The molecular weight excluding hydrogens is 88.0 g/mol. The van der Waals surface area contributed by atoms with Gasteiger partial charge in [0.05, 0.1) is 0 Å². The standard InChI is InChI=1S/C2HF3.Li/c3-1-2(4)5;/h1H;. The maximum Gasteiger partial charge on any atom is 0.298 e. The summed E-state index contributed by atoms with van der Waals surface area (Å²) in [6.07, 6.45) is -3.04. The van der Waals surface area contributed by atoms with Crippen molar-refractivity contribution in [2.24, 2.45) is 0 Å². The zero-order chi connectivity index (χ0) is 4.28. The predicted molar refractivity (Wildman–Crippen MR) is 17.2 cm³/mol. The first-order valence-corrected chi connectivity index (χ1v) is 0.885. The van der Waals surface area contributed by atoms with Crippen LogP contribution in [0.2, 0.25) is 0 Å². The van der Waals surface area contributed by atoms with Gasteiger partial charge in [0.25, 0.3) is 6.08 Å². The van der Waals surface area contributed by atoms with Crippen LogP contribution in [0.4, 0.5) is 13.2 Å². The molecule has 0 aliphatic rings. The van der Waals surface area contributed by atoms with E-state index in [-0.39, 0.29) is 18.9 Å².